The molecule has 2 aromatic heterocycles. The summed E-state index contributed by atoms with van der Waals surface area (Å²) in [6.07, 6.45) is 0. The van der Waals surface area contributed by atoms with Crippen LogP contribution in [0.4, 0.5) is 5.13 Å². The smallest absolute Gasteiger partial charge is 0.350 e. The van der Waals surface area contributed by atoms with E-state index >= 15 is 0 Å². The minimum absolute atomic E-state index is 0.368. The summed E-state index contributed by atoms with van der Waals surface area (Å²) in [6, 6.07) is 4.23. The van der Waals surface area contributed by atoms with E-state index in [4.69, 9.17) is 4.74 Å². The van der Waals surface area contributed by atoms with Crippen molar-refractivity contribution < 1.29 is 14.3 Å². The lowest BCUT2D eigenvalue weighted by Gasteiger charge is -2.07. The Morgan fingerprint density at radius 2 is 1.75 bits per heavy atom. The van der Waals surface area contributed by atoms with Gasteiger partial charge in [-0.15, -0.1) is 22.7 Å². The van der Waals surface area contributed by atoms with Crippen LogP contribution in [0.3, 0.4) is 0 Å². The number of hydrogen-bond acceptors (Lipinski definition) is 7. The Kier molecular flexibility index (Phi) is 5.90. The zero-order valence-electron chi connectivity index (χ0n) is 16.4. The maximum absolute atomic E-state index is 12.1. The molecule has 0 radical (unpaired) electrons. The molecule has 0 saturated heterocycles. The Morgan fingerprint density at radius 3 is 2.43 bits per heavy atom. The van der Waals surface area contributed by atoms with Gasteiger partial charge in [-0.1, -0.05) is 6.07 Å². The van der Waals surface area contributed by atoms with Crippen LogP contribution in [-0.4, -0.2) is 28.5 Å². The Hall–Kier alpha value is -2.58. The molecule has 146 valence electrons. The molecule has 0 atom stereocenters. The molecule has 0 spiro atoms. The number of nitrogens with zero attached hydrogens (tertiary/aromatic N) is 2. The van der Waals surface area contributed by atoms with Crippen molar-refractivity contribution in [2.75, 3.05) is 11.9 Å². The van der Waals surface area contributed by atoms with E-state index in [2.05, 4.69) is 41.3 Å². The highest BCUT2D eigenvalue weighted by Crippen LogP contribution is 2.29. The van der Waals surface area contributed by atoms with Gasteiger partial charge in [0, 0.05) is 10.9 Å². The molecule has 28 heavy (non-hydrogen) atoms. The Morgan fingerprint density at radius 1 is 1.04 bits per heavy atom. The normalized spacial score (nSPS) is 10.8. The van der Waals surface area contributed by atoms with E-state index < -0.39 is 11.9 Å². The molecule has 0 bridgehead atoms. The molecule has 6 nitrogen and oxygen atoms in total. The molecule has 3 rings (SSSR count). The Balaban J connectivity index is 1.62. The summed E-state index contributed by atoms with van der Waals surface area (Å²) >= 11 is 2.59. The summed E-state index contributed by atoms with van der Waals surface area (Å²) in [5.74, 6) is -0.964. The van der Waals surface area contributed by atoms with Crippen molar-refractivity contribution in [1.29, 1.82) is 0 Å². The summed E-state index contributed by atoms with van der Waals surface area (Å²) in [7, 11) is 0. The molecule has 0 aliphatic heterocycles. The summed E-state index contributed by atoms with van der Waals surface area (Å²) < 4.78 is 5.09. The topological polar surface area (TPSA) is 81.2 Å². The number of esters is 1. The third-order valence-corrected chi connectivity index (χ3v) is 6.10. The minimum Gasteiger partial charge on any atom is -0.451 e. The third-order valence-electron chi connectivity index (χ3n) is 4.29. The fraction of sp³-hybridized carbons (Fsp3) is 0.300. The number of benzene rings is 1. The molecule has 0 saturated carbocycles. The number of carbonyl (C=O) groups excluding carboxylic acids is 2. The van der Waals surface area contributed by atoms with Crippen molar-refractivity contribution in [1.82, 2.24) is 9.97 Å². The fourth-order valence-electron chi connectivity index (χ4n) is 2.76. The largest absolute Gasteiger partial charge is 0.451 e. The van der Waals surface area contributed by atoms with Crippen molar-refractivity contribution in [2.45, 2.75) is 34.6 Å². The van der Waals surface area contributed by atoms with E-state index in [9.17, 15) is 9.59 Å². The molecule has 1 amide bonds. The van der Waals surface area contributed by atoms with Gasteiger partial charge in [0.1, 0.15) is 4.88 Å². The van der Waals surface area contributed by atoms with Gasteiger partial charge in [0.25, 0.3) is 5.91 Å². The number of amides is 1. The zero-order chi connectivity index (χ0) is 20.4. The van der Waals surface area contributed by atoms with Gasteiger partial charge in [-0.2, -0.15) is 0 Å². The third kappa shape index (κ3) is 4.45. The van der Waals surface area contributed by atoms with Crippen molar-refractivity contribution in [3.05, 3.63) is 49.8 Å². The molecule has 0 unspecified atom stereocenters. The molecule has 0 fully saturated rings. The molecule has 0 aliphatic carbocycles. The second-order valence-corrected chi connectivity index (χ2v) is 8.62. The van der Waals surface area contributed by atoms with Crippen LogP contribution in [0.5, 0.6) is 0 Å². The summed E-state index contributed by atoms with van der Waals surface area (Å²) in [5, 5.41) is 5.84. The second kappa shape index (κ2) is 8.20. The highest BCUT2D eigenvalue weighted by molar-refractivity contribution is 7.14. The van der Waals surface area contributed by atoms with Crippen molar-refractivity contribution >= 4 is 39.7 Å². The predicted molar refractivity (Wildman–Crippen MR) is 112 cm³/mol. The second-order valence-electron chi connectivity index (χ2n) is 6.56. The number of carbonyl (C=O) groups is 2. The number of hydrogen-bond donors (Lipinski definition) is 1. The summed E-state index contributed by atoms with van der Waals surface area (Å²) in [4.78, 5) is 33.3. The van der Waals surface area contributed by atoms with Crippen LogP contribution in [0.2, 0.25) is 0 Å². The highest BCUT2D eigenvalue weighted by Gasteiger charge is 2.17. The van der Waals surface area contributed by atoms with Gasteiger partial charge in [-0.05, 0) is 57.4 Å². The van der Waals surface area contributed by atoms with E-state index in [0.717, 1.165) is 21.8 Å². The van der Waals surface area contributed by atoms with Crippen LogP contribution in [0, 0.1) is 34.6 Å². The number of aryl methyl sites for hydroxylation is 5. The van der Waals surface area contributed by atoms with Crippen LogP contribution in [0.15, 0.2) is 17.5 Å². The average Bonchev–Trinajstić information content (AvgIpc) is 3.22. The fourth-order valence-corrected chi connectivity index (χ4v) is 4.30. The molecular weight excluding hydrogens is 394 g/mol. The number of rotatable bonds is 5. The average molecular weight is 416 g/mol. The van der Waals surface area contributed by atoms with Gasteiger partial charge in [0.2, 0.25) is 0 Å². The van der Waals surface area contributed by atoms with Gasteiger partial charge < -0.3 is 4.74 Å². The van der Waals surface area contributed by atoms with Crippen LogP contribution >= 0.6 is 22.7 Å². The maximum atomic E-state index is 12.1. The Labute approximate surface area is 171 Å². The summed E-state index contributed by atoms with van der Waals surface area (Å²) in [5.41, 5.74) is 6.03. The zero-order valence-corrected chi connectivity index (χ0v) is 18.0. The standard InChI is InChI=1S/C20H21N3O3S2/c1-10-6-12(3)15(7-11(10)2)16-9-27-20(22-16)23-17(24)8-26-19(25)18-13(4)21-14(5)28-18/h6-7,9H,8H2,1-5H3,(H,22,23,24). The molecule has 1 N–H and O–H groups in total. The van der Waals surface area contributed by atoms with E-state index in [0.29, 0.717) is 15.7 Å². The van der Waals surface area contributed by atoms with Gasteiger partial charge in [-0.25, -0.2) is 14.8 Å². The van der Waals surface area contributed by atoms with Crippen LogP contribution in [0.25, 0.3) is 11.3 Å². The van der Waals surface area contributed by atoms with E-state index in [1.807, 2.05) is 19.2 Å². The first-order valence-corrected chi connectivity index (χ1v) is 10.4. The van der Waals surface area contributed by atoms with Crippen molar-refractivity contribution in [3.8, 4) is 11.3 Å². The Bertz CT molecular complexity index is 1050. The quantitative estimate of drug-likeness (QED) is 0.616. The van der Waals surface area contributed by atoms with Gasteiger partial charge in [0.15, 0.2) is 11.7 Å². The van der Waals surface area contributed by atoms with Gasteiger partial charge in [0.05, 0.1) is 16.4 Å². The first-order valence-electron chi connectivity index (χ1n) is 8.69. The van der Waals surface area contributed by atoms with Crippen LogP contribution in [0.1, 0.15) is 37.1 Å². The number of nitrogens with one attached hydrogen (secondary N) is 1. The maximum Gasteiger partial charge on any atom is 0.350 e. The predicted octanol–water partition coefficient (Wildman–Crippen LogP) is 4.60. The van der Waals surface area contributed by atoms with Crippen molar-refractivity contribution in [2.24, 2.45) is 0 Å². The van der Waals surface area contributed by atoms with Gasteiger partial charge >= 0.3 is 5.97 Å². The molecule has 3 aromatic rings. The number of aromatic nitrogens is 2. The lowest BCUT2D eigenvalue weighted by Crippen LogP contribution is -2.20. The van der Waals surface area contributed by atoms with Crippen LogP contribution < -0.4 is 5.32 Å². The minimum atomic E-state index is -0.538. The van der Waals surface area contributed by atoms with E-state index in [-0.39, 0.29) is 6.61 Å². The molecule has 8 heteroatoms. The number of ether oxygens (including phenoxy) is 1. The first-order chi connectivity index (χ1) is 13.2. The first kappa shape index (κ1) is 20.2. The molecular formula is C20H21N3O3S2. The molecule has 1 aromatic carbocycles. The summed E-state index contributed by atoms with van der Waals surface area (Å²) in [6.45, 7) is 9.38. The lowest BCUT2D eigenvalue weighted by atomic mass is 9.99. The number of thiazole rings is 2. The number of anilines is 1. The molecule has 2 heterocycles. The lowest BCUT2D eigenvalue weighted by molar-refractivity contribution is -0.119. The van der Waals surface area contributed by atoms with Crippen LogP contribution in [-0.2, 0) is 9.53 Å². The molecule has 0 aliphatic rings. The monoisotopic (exact) mass is 415 g/mol. The van der Waals surface area contributed by atoms with Crippen molar-refractivity contribution in [3.63, 3.8) is 0 Å². The van der Waals surface area contributed by atoms with E-state index in [1.165, 1.54) is 33.8 Å². The van der Waals surface area contributed by atoms with Gasteiger partial charge in [-0.3, -0.25) is 10.1 Å². The highest BCUT2D eigenvalue weighted by atomic mass is 32.1. The SMILES string of the molecule is Cc1nc(C)c(C(=O)OCC(=O)Nc2nc(-c3cc(C)c(C)cc3C)cs2)s1. The van der Waals surface area contributed by atoms with E-state index in [1.54, 1.807) is 6.92 Å².